The Hall–Kier alpha value is -4.34. The molecule has 2 aromatic heterocycles. The Morgan fingerprint density at radius 2 is 1.83 bits per heavy atom. The largest absolute Gasteiger partial charge is 0.383 e. The number of nitrogens with two attached hydrogens (primary N) is 1. The Morgan fingerprint density at radius 1 is 1.00 bits per heavy atom. The minimum Gasteiger partial charge on any atom is -0.383 e. The van der Waals surface area contributed by atoms with Crippen molar-refractivity contribution in [2.24, 2.45) is 0 Å². The van der Waals surface area contributed by atoms with Gasteiger partial charge in [0.1, 0.15) is 5.82 Å². The molecular weight excluding hydrogens is 458 g/mol. The Balaban J connectivity index is 1.21. The van der Waals surface area contributed by atoms with E-state index < -0.39 is 0 Å². The fourth-order valence-electron chi connectivity index (χ4n) is 3.91. The van der Waals surface area contributed by atoms with E-state index in [1.54, 1.807) is 18.3 Å². The van der Waals surface area contributed by atoms with Gasteiger partial charge in [-0.2, -0.15) is 5.10 Å². The predicted molar refractivity (Wildman–Crippen MR) is 140 cm³/mol. The number of aromatic nitrogens is 3. The number of fused-ring (bicyclic) bond motifs is 2. The van der Waals surface area contributed by atoms with Crippen LogP contribution in [0.4, 0.5) is 5.82 Å². The quantitative estimate of drug-likeness (QED) is 0.273. The molecule has 0 spiro atoms. The van der Waals surface area contributed by atoms with Crippen LogP contribution in [-0.4, -0.2) is 27.2 Å². The van der Waals surface area contributed by atoms with E-state index in [1.165, 1.54) is 0 Å². The van der Waals surface area contributed by atoms with Crippen molar-refractivity contribution >= 4 is 45.0 Å². The highest BCUT2D eigenvalue weighted by molar-refractivity contribution is 6.31. The standard InChI is InChI=1S/C28H22ClN5O/c29-23-12-11-21-17-32-27(30)24(25(21)16-23)13-8-19-6-9-20(10-7-19)28(35)31-14-3-15-34-26-5-2-1-4-22(26)18-33-34/h1-2,4-7,9-12,16-18H,3,14-15H2,(H2,30,32)(H,31,35). The summed E-state index contributed by atoms with van der Waals surface area (Å²) in [6.07, 6.45) is 4.35. The fraction of sp³-hybridized carbons (Fsp3) is 0.107. The van der Waals surface area contributed by atoms with E-state index in [9.17, 15) is 4.79 Å². The second kappa shape index (κ2) is 9.88. The van der Waals surface area contributed by atoms with Gasteiger partial charge in [-0.15, -0.1) is 0 Å². The second-order valence-corrected chi connectivity index (χ2v) is 8.55. The maximum absolute atomic E-state index is 12.5. The fourth-order valence-corrected chi connectivity index (χ4v) is 4.08. The van der Waals surface area contributed by atoms with Crippen molar-refractivity contribution < 1.29 is 4.79 Å². The second-order valence-electron chi connectivity index (χ2n) is 8.11. The van der Waals surface area contributed by atoms with E-state index in [0.717, 1.165) is 40.2 Å². The van der Waals surface area contributed by atoms with Gasteiger partial charge in [0.05, 0.1) is 17.3 Å². The number of carbonyl (C=O) groups is 1. The lowest BCUT2D eigenvalue weighted by atomic mass is 10.1. The zero-order chi connectivity index (χ0) is 24.2. The lowest BCUT2D eigenvalue weighted by Crippen LogP contribution is -2.25. The molecule has 0 fully saturated rings. The zero-order valence-corrected chi connectivity index (χ0v) is 19.6. The molecule has 0 aliphatic rings. The van der Waals surface area contributed by atoms with Crippen LogP contribution in [0.5, 0.6) is 0 Å². The Labute approximate surface area is 207 Å². The normalized spacial score (nSPS) is 10.8. The van der Waals surface area contributed by atoms with E-state index >= 15 is 0 Å². The highest BCUT2D eigenvalue weighted by Crippen LogP contribution is 2.25. The van der Waals surface area contributed by atoms with Gasteiger partial charge in [-0.3, -0.25) is 9.48 Å². The number of pyridine rings is 1. The molecular formula is C28H22ClN5O. The molecule has 0 saturated carbocycles. The monoisotopic (exact) mass is 479 g/mol. The van der Waals surface area contributed by atoms with Crippen molar-refractivity contribution in [1.82, 2.24) is 20.1 Å². The number of hydrogen-bond acceptors (Lipinski definition) is 4. The molecule has 6 nitrogen and oxygen atoms in total. The number of nitrogens with zero attached hydrogens (tertiary/aromatic N) is 3. The molecule has 0 atom stereocenters. The number of amides is 1. The van der Waals surface area contributed by atoms with E-state index in [4.69, 9.17) is 17.3 Å². The number of hydrogen-bond donors (Lipinski definition) is 2. The van der Waals surface area contributed by atoms with Crippen molar-refractivity contribution in [2.75, 3.05) is 12.3 Å². The topological polar surface area (TPSA) is 85.8 Å². The maximum Gasteiger partial charge on any atom is 0.251 e. The first kappa shape index (κ1) is 22.5. The van der Waals surface area contributed by atoms with Crippen molar-refractivity contribution in [2.45, 2.75) is 13.0 Å². The summed E-state index contributed by atoms with van der Waals surface area (Å²) in [5, 5.41) is 10.9. The van der Waals surface area contributed by atoms with Gasteiger partial charge in [0, 0.05) is 51.6 Å². The van der Waals surface area contributed by atoms with Gasteiger partial charge in [-0.1, -0.05) is 47.7 Å². The molecule has 3 aromatic carbocycles. The molecule has 1 amide bonds. The lowest BCUT2D eigenvalue weighted by molar-refractivity contribution is 0.0952. The smallest absolute Gasteiger partial charge is 0.251 e. The van der Waals surface area contributed by atoms with Crippen molar-refractivity contribution in [3.05, 3.63) is 101 Å². The molecule has 3 N–H and O–H groups in total. The summed E-state index contributed by atoms with van der Waals surface area (Å²) in [7, 11) is 0. The number of benzene rings is 3. The number of aryl methyl sites for hydroxylation is 1. The molecule has 35 heavy (non-hydrogen) atoms. The average molecular weight is 480 g/mol. The average Bonchev–Trinajstić information content (AvgIpc) is 3.29. The Morgan fingerprint density at radius 3 is 2.69 bits per heavy atom. The molecule has 0 aliphatic carbocycles. The SMILES string of the molecule is Nc1ncc2ccc(Cl)cc2c1C#Cc1ccc(C(=O)NCCCn2ncc3ccccc32)cc1. The van der Waals surface area contributed by atoms with Crippen LogP contribution in [0.3, 0.4) is 0 Å². The number of halogens is 1. The number of nitrogen functional groups attached to an aromatic ring is 1. The molecule has 0 aliphatic heterocycles. The molecule has 0 unspecified atom stereocenters. The molecule has 172 valence electrons. The van der Waals surface area contributed by atoms with Crippen molar-refractivity contribution in [3.63, 3.8) is 0 Å². The van der Waals surface area contributed by atoms with Gasteiger partial charge >= 0.3 is 0 Å². The molecule has 0 radical (unpaired) electrons. The summed E-state index contributed by atoms with van der Waals surface area (Å²) >= 11 is 6.15. The number of anilines is 1. The molecule has 0 saturated heterocycles. The summed E-state index contributed by atoms with van der Waals surface area (Å²) in [6.45, 7) is 1.30. The summed E-state index contributed by atoms with van der Waals surface area (Å²) in [5.74, 6) is 6.45. The summed E-state index contributed by atoms with van der Waals surface area (Å²) < 4.78 is 1.96. The summed E-state index contributed by atoms with van der Waals surface area (Å²) in [5.41, 5.74) is 9.15. The third kappa shape index (κ3) is 4.96. The molecule has 2 heterocycles. The Kier molecular flexibility index (Phi) is 6.34. The van der Waals surface area contributed by atoms with Gasteiger partial charge < -0.3 is 11.1 Å². The van der Waals surface area contributed by atoms with Crippen LogP contribution in [0.2, 0.25) is 5.02 Å². The van der Waals surface area contributed by atoms with E-state index in [0.29, 0.717) is 28.5 Å². The first-order valence-corrected chi connectivity index (χ1v) is 11.6. The zero-order valence-electron chi connectivity index (χ0n) is 18.8. The third-order valence-electron chi connectivity index (χ3n) is 5.75. The minimum absolute atomic E-state index is 0.119. The van der Waals surface area contributed by atoms with Gasteiger partial charge in [0.25, 0.3) is 5.91 Å². The van der Waals surface area contributed by atoms with Gasteiger partial charge in [-0.25, -0.2) is 4.98 Å². The minimum atomic E-state index is -0.119. The van der Waals surface area contributed by atoms with E-state index in [-0.39, 0.29) is 5.91 Å². The van der Waals surface area contributed by atoms with Crippen molar-refractivity contribution in [1.29, 1.82) is 0 Å². The highest BCUT2D eigenvalue weighted by atomic mass is 35.5. The van der Waals surface area contributed by atoms with E-state index in [2.05, 4.69) is 27.2 Å². The van der Waals surface area contributed by atoms with Crippen LogP contribution >= 0.6 is 11.6 Å². The first-order chi connectivity index (χ1) is 17.1. The Bertz CT molecular complexity index is 1590. The van der Waals surface area contributed by atoms with Crippen LogP contribution < -0.4 is 11.1 Å². The van der Waals surface area contributed by atoms with Crippen LogP contribution in [-0.2, 0) is 6.54 Å². The number of rotatable bonds is 5. The van der Waals surface area contributed by atoms with Crippen molar-refractivity contribution in [3.8, 4) is 11.8 Å². The van der Waals surface area contributed by atoms with Gasteiger partial charge in [-0.05, 0) is 48.9 Å². The summed E-state index contributed by atoms with van der Waals surface area (Å²) in [4.78, 5) is 16.8. The first-order valence-electron chi connectivity index (χ1n) is 11.2. The number of para-hydroxylation sites is 1. The van der Waals surface area contributed by atoms with Crippen LogP contribution in [0.1, 0.15) is 27.9 Å². The molecule has 0 bridgehead atoms. The third-order valence-corrected chi connectivity index (χ3v) is 5.98. The predicted octanol–water partition coefficient (Wildman–Crippen LogP) is 5.04. The number of carbonyl (C=O) groups excluding carboxylic acids is 1. The van der Waals surface area contributed by atoms with Crippen LogP contribution in [0, 0.1) is 11.8 Å². The maximum atomic E-state index is 12.5. The van der Waals surface area contributed by atoms with Crippen LogP contribution in [0.25, 0.3) is 21.7 Å². The summed E-state index contributed by atoms with van der Waals surface area (Å²) in [6, 6.07) is 20.8. The molecule has 5 aromatic rings. The molecule has 5 rings (SSSR count). The van der Waals surface area contributed by atoms with Gasteiger partial charge in [0.2, 0.25) is 0 Å². The molecule has 7 heteroatoms. The van der Waals surface area contributed by atoms with E-state index in [1.807, 2.05) is 65.5 Å². The van der Waals surface area contributed by atoms with Gasteiger partial charge in [0.15, 0.2) is 0 Å². The number of nitrogens with one attached hydrogen (secondary N) is 1. The van der Waals surface area contributed by atoms with Crippen LogP contribution in [0.15, 0.2) is 79.1 Å². The lowest BCUT2D eigenvalue weighted by Gasteiger charge is -2.07. The highest BCUT2D eigenvalue weighted by Gasteiger charge is 2.07.